The summed E-state index contributed by atoms with van der Waals surface area (Å²) in [5.41, 5.74) is 0. The van der Waals surface area contributed by atoms with Crippen molar-refractivity contribution in [2.24, 2.45) is 5.92 Å². The van der Waals surface area contributed by atoms with E-state index in [1.54, 1.807) is 12.1 Å². The molecule has 4 heteroatoms. The predicted octanol–water partition coefficient (Wildman–Crippen LogP) is 2.63. The van der Waals surface area contributed by atoms with E-state index in [9.17, 15) is 8.42 Å². The van der Waals surface area contributed by atoms with Crippen molar-refractivity contribution in [3.63, 3.8) is 0 Å². The molecule has 1 N–H and O–H groups in total. The molecule has 0 fully saturated rings. The molecule has 0 aliphatic rings. The van der Waals surface area contributed by atoms with Crippen LogP contribution in [0.5, 0.6) is 0 Å². The van der Waals surface area contributed by atoms with Crippen LogP contribution in [0.15, 0.2) is 47.4 Å². The summed E-state index contributed by atoms with van der Waals surface area (Å²) in [6.45, 7) is 1.86. The number of hydrogen-bond donors (Lipinski definition) is 1. The van der Waals surface area contributed by atoms with Gasteiger partial charge in [0.05, 0.1) is 10.6 Å². The number of benzene rings is 2. The van der Waals surface area contributed by atoms with E-state index in [-0.39, 0.29) is 18.3 Å². The Morgan fingerprint density at radius 3 is 2.47 bits per heavy atom. The van der Waals surface area contributed by atoms with Gasteiger partial charge < -0.3 is 5.11 Å². The summed E-state index contributed by atoms with van der Waals surface area (Å²) in [7, 11) is -3.28. The maximum atomic E-state index is 12.3. The van der Waals surface area contributed by atoms with Crippen LogP contribution in [0.4, 0.5) is 0 Å². The minimum Gasteiger partial charge on any atom is -0.396 e. The van der Waals surface area contributed by atoms with Gasteiger partial charge in [0.2, 0.25) is 0 Å². The van der Waals surface area contributed by atoms with E-state index in [0.717, 1.165) is 10.8 Å². The van der Waals surface area contributed by atoms with E-state index in [4.69, 9.17) is 5.11 Å². The number of aliphatic hydroxyl groups excluding tert-OH is 1. The van der Waals surface area contributed by atoms with Crippen LogP contribution >= 0.6 is 0 Å². The highest BCUT2D eigenvalue weighted by Gasteiger charge is 2.18. The van der Waals surface area contributed by atoms with Crippen LogP contribution in [-0.2, 0) is 9.84 Å². The maximum Gasteiger partial charge on any atom is 0.178 e. The van der Waals surface area contributed by atoms with E-state index in [2.05, 4.69) is 0 Å². The van der Waals surface area contributed by atoms with Crippen LogP contribution < -0.4 is 0 Å². The number of fused-ring (bicyclic) bond motifs is 1. The third-order valence-corrected chi connectivity index (χ3v) is 5.19. The highest BCUT2D eigenvalue weighted by Crippen LogP contribution is 2.21. The summed E-state index contributed by atoms with van der Waals surface area (Å²) < 4.78 is 24.6. The number of rotatable bonds is 5. The SMILES string of the molecule is C[C@@H](CCO)CS(=O)(=O)c1ccc2ccccc2c1. The zero-order valence-corrected chi connectivity index (χ0v) is 11.7. The fraction of sp³-hybridized carbons (Fsp3) is 0.333. The highest BCUT2D eigenvalue weighted by molar-refractivity contribution is 7.91. The predicted molar refractivity (Wildman–Crippen MR) is 76.9 cm³/mol. The molecule has 3 nitrogen and oxygen atoms in total. The first-order valence-electron chi connectivity index (χ1n) is 6.35. The first kappa shape index (κ1) is 14.0. The van der Waals surface area contributed by atoms with Crippen LogP contribution in [0, 0.1) is 5.92 Å². The lowest BCUT2D eigenvalue weighted by atomic mass is 10.1. The quantitative estimate of drug-likeness (QED) is 0.914. The van der Waals surface area contributed by atoms with Gasteiger partial charge in [-0.1, -0.05) is 37.3 Å². The second kappa shape index (κ2) is 5.72. The molecule has 0 heterocycles. The van der Waals surface area contributed by atoms with Crippen LogP contribution in [0.1, 0.15) is 13.3 Å². The second-order valence-electron chi connectivity index (χ2n) is 4.91. The molecule has 0 amide bonds. The molecule has 0 radical (unpaired) electrons. The van der Waals surface area contributed by atoms with E-state index in [1.807, 2.05) is 37.3 Å². The minimum absolute atomic E-state index is 0.0222. The molecule has 0 aromatic heterocycles. The molecular formula is C15H18O3S. The van der Waals surface area contributed by atoms with Gasteiger partial charge in [0.25, 0.3) is 0 Å². The molecule has 2 aromatic carbocycles. The van der Waals surface area contributed by atoms with Gasteiger partial charge in [-0.3, -0.25) is 0 Å². The topological polar surface area (TPSA) is 54.4 Å². The van der Waals surface area contributed by atoms with Gasteiger partial charge in [-0.2, -0.15) is 0 Å². The fourth-order valence-corrected chi connectivity index (χ4v) is 3.83. The fourth-order valence-electron chi connectivity index (χ4n) is 2.14. The van der Waals surface area contributed by atoms with Crippen LogP contribution in [-0.4, -0.2) is 25.9 Å². The zero-order valence-electron chi connectivity index (χ0n) is 10.9. The van der Waals surface area contributed by atoms with Crippen molar-refractivity contribution >= 4 is 20.6 Å². The molecule has 102 valence electrons. The van der Waals surface area contributed by atoms with Gasteiger partial charge in [-0.05, 0) is 35.2 Å². The van der Waals surface area contributed by atoms with E-state index in [1.165, 1.54) is 0 Å². The molecular weight excluding hydrogens is 260 g/mol. The zero-order chi connectivity index (χ0) is 13.9. The van der Waals surface area contributed by atoms with Crippen molar-refractivity contribution in [3.8, 4) is 0 Å². The van der Waals surface area contributed by atoms with Crippen molar-refractivity contribution in [2.45, 2.75) is 18.2 Å². The molecule has 0 saturated heterocycles. The average molecular weight is 278 g/mol. The van der Waals surface area contributed by atoms with Crippen molar-refractivity contribution in [3.05, 3.63) is 42.5 Å². The highest BCUT2D eigenvalue weighted by atomic mass is 32.2. The Balaban J connectivity index is 2.32. The molecule has 0 spiro atoms. The molecule has 0 aliphatic heterocycles. The lowest BCUT2D eigenvalue weighted by molar-refractivity contribution is 0.268. The maximum absolute atomic E-state index is 12.3. The summed E-state index contributed by atoms with van der Waals surface area (Å²) in [6.07, 6.45) is 0.507. The van der Waals surface area contributed by atoms with Crippen LogP contribution in [0.2, 0.25) is 0 Å². The lowest BCUT2D eigenvalue weighted by Crippen LogP contribution is -2.15. The molecule has 0 aliphatic carbocycles. The van der Waals surface area contributed by atoms with Gasteiger partial charge in [-0.25, -0.2) is 8.42 Å². The van der Waals surface area contributed by atoms with Crippen LogP contribution in [0.25, 0.3) is 10.8 Å². The van der Waals surface area contributed by atoms with Gasteiger partial charge in [0.15, 0.2) is 9.84 Å². The number of aliphatic hydroxyl groups is 1. The Bertz CT molecular complexity index is 662. The smallest absolute Gasteiger partial charge is 0.178 e. The standard InChI is InChI=1S/C15H18O3S/c1-12(8-9-16)11-19(17,18)15-7-6-13-4-2-3-5-14(13)10-15/h2-7,10,12,16H,8-9,11H2,1H3/t12-/m0/s1. The van der Waals surface area contributed by atoms with Crippen molar-refractivity contribution < 1.29 is 13.5 Å². The van der Waals surface area contributed by atoms with Crippen molar-refractivity contribution in [2.75, 3.05) is 12.4 Å². The molecule has 0 bridgehead atoms. The second-order valence-corrected chi connectivity index (χ2v) is 6.94. The third kappa shape index (κ3) is 3.33. The first-order chi connectivity index (χ1) is 9.03. The lowest BCUT2D eigenvalue weighted by Gasteiger charge is -2.11. The van der Waals surface area contributed by atoms with E-state index >= 15 is 0 Å². The van der Waals surface area contributed by atoms with Crippen LogP contribution in [0.3, 0.4) is 0 Å². The van der Waals surface area contributed by atoms with E-state index < -0.39 is 9.84 Å². The molecule has 2 aromatic rings. The average Bonchev–Trinajstić information content (AvgIpc) is 2.37. The molecule has 0 unspecified atom stereocenters. The molecule has 2 rings (SSSR count). The van der Waals surface area contributed by atoms with Gasteiger partial charge >= 0.3 is 0 Å². The summed E-state index contributed by atoms with van der Waals surface area (Å²) in [5, 5.41) is 10.8. The first-order valence-corrected chi connectivity index (χ1v) is 8.00. The largest absolute Gasteiger partial charge is 0.396 e. The minimum atomic E-state index is -3.28. The monoisotopic (exact) mass is 278 g/mol. The van der Waals surface area contributed by atoms with Gasteiger partial charge in [0, 0.05) is 6.61 Å². The summed E-state index contributed by atoms with van der Waals surface area (Å²) in [4.78, 5) is 0.357. The Kier molecular flexibility index (Phi) is 4.22. The van der Waals surface area contributed by atoms with Gasteiger partial charge in [-0.15, -0.1) is 0 Å². The summed E-state index contributed by atoms with van der Waals surface area (Å²) in [5.74, 6) is 0.0350. The molecule has 19 heavy (non-hydrogen) atoms. The Morgan fingerprint density at radius 1 is 1.11 bits per heavy atom. The molecule has 1 atom stereocenters. The summed E-state index contributed by atoms with van der Waals surface area (Å²) >= 11 is 0. The third-order valence-electron chi connectivity index (χ3n) is 3.21. The number of sulfone groups is 1. The van der Waals surface area contributed by atoms with Crippen molar-refractivity contribution in [1.82, 2.24) is 0 Å². The van der Waals surface area contributed by atoms with Crippen molar-refractivity contribution in [1.29, 1.82) is 0 Å². The van der Waals surface area contributed by atoms with E-state index in [0.29, 0.717) is 11.3 Å². The Labute approximate surface area is 113 Å². The molecule has 0 saturated carbocycles. The Morgan fingerprint density at radius 2 is 1.79 bits per heavy atom. The summed E-state index contributed by atoms with van der Waals surface area (Å²) in [6, 6.07) is 12.9. The number of hydrogen-bond acceptors (Lipinski definition) is 3. The van der Waals surface area contributed by atoms with Gasteiger partial charge in [0.1, 0.15) is 0 Å². The normalized spacial score (nSPS) is 13.6. The Hall–Kier alpha value is -1.39.